The van der Waals surface area contributed by atoms with E-state index in [0.29, 0.717) is 18.5 Å². The molecule has 1 rings (SSSR count). The first-order valence-corrected chi connectivity index (χ1v) is 6.67. The molecule has 1 aromatic carbocycles. The summed E-state index contributed by atoms with van der Waals surface area (Å²) in [6.07, 6.45) is 1.45. The summed E-state index contributed by atoms with van der Waals surface area (Å²) >= 11 is 0. The predicted molar refractivity (Wildman–Crippen MR) is 75.5 cm³/mol. The van der Waals surface area contributed by atoms with Crippen molar-refractivity contribution < 1.29 is 4.79 Å². The lowest BCUT2D eigenvalue weighted by Gasteiger charge is -2.14. The summed E-state index contributed by atoms with van der Waals surface area (Å²) in [5, 5.41) is 14.9. The smallest absolute Gasteiger partial charge is 0.221 e. The van der Waals surface area contributed by atoms with Crippen LogP contribution < -0.4 is 10.6 Å². The molecule has 0 spiro atoms. The second kappa shape index (κ2) is 8.28. The summed E-state index contributed by atoms with van der Waals surface area (Å²) in [6, 6.07) is 9.76. The first-order valence-electron chi connectivity index (χ1n) is 6.67. The second-order valence-corrected chi connectivity index (χ2v) is 4.51. The third-order valence-corrected chi connectivity index (χ3v) is 2.91. The fourth-order valence-corrected chi connectivity index (χ4v) is 1.72. The first-order chi connectivity index (χ1) is 9.17. The highest BCUT2D eigenvalue weighted by atomic mass is 16.1. The van der Waals surface area contributed by atoms with Crippen molar-refractivity contribution in [2.75, 3.05) is 13.1 Å². The van der Waals surface area contributed by atoms with Gasteiger partial charge in [0.2, 0.25) is 5.91 Å². The Labute approximate surface area is 114 Å². The quantitative estimate of drug-likeness (QED) is 0.788. The maximum absolute atomic E-state index is 11.4. The van der Waals surface area contributed by atoms with Gasteiger partial charge in [0, 0.05) is 25.6 Å². The average molecular weight is 259 g/mol. The summed E-state index contributed by atoms with van der Waals surface area (Å²) in [7, 11) is 0. The highest BCUT2D eigenvalue weighted by Gasteiger charge is 2.06. The van der Waals surface area contributed by atoms with E-state index in [4.69, 9.17) is 5.26 Å². The number of hydrogen-bond donors (Lipinski definition) is 2. The van der Waals surface area contributed by atoms with E-state index in [1.807, 2.05) is 38.1 Å². The Morgan fingerprint density at radius 1 is 1.32 bits per heavy atom. The predicted octanol–water partition coefficient (Wildman–Crippen LogP) is 2.13. The van der Waals surface area contributed by atoms with Crippen LogP contribution >= 0.6 is 0 Å². The molecule has 2 N–H and O–H groups in total. The van der Waals surface area contributed by atoms with Crippen LogP contribution in [0.1, 0.15) is 43.9 Å². The van der Waals surface area contributed by atoms with Crippen LogP contribution in [0.5, 0.6) is 0 Å². The van der Waals surface area contributed by atoms with Gasteiger partial charge in [-0.25, -0.2) is 0 Å². The molecule has 0 aliphatic carbocycles. The lowest BCUT2D eigenvalue weighted by Crippen LogP contribution is -2.29. The second-order valence-electron chi connectivity index (χ2n) is 4.51. The minimum atomic E-state index is 0.0846. The zero-order chi connectivity index (χ0) is 14.1. The molecule has 19 heavy (non-hydrogen) atoms. The first kappa shape index (κ1) is 15.2. The highest BCUT2D eigenvalue weighted by molar-refractivity contribution is 5.75. The van der Waals surface area contributed by atoms with Crippen molar-refractivity contribution >= 4 is 5.91 Å². The summed E-state index contributed by atoms with van der Waals surface area (Å²) in [6.45, 7) is 5.47. The number of nitrogens with zero attached hydrogens (tertiary/aromatic N) is 1. The fourth-order valence-electron chi connectivity index (χ4n) is 1.72. The van der Waals surface area contributed by atoms with Gasteiger partial charge in [-0.15, -0.1) is 0 Å². The van der Waals surface area contributed by atoms with E-state index >= 15 is 0 Å². The maximum atomic E-state index is 11.4. The summed E-state index contributed by atoms with van der Waals surface area (Å²) in [5.41, 5.74) is 1.78. The molecule has 1 amide bonds. The minimum Gasteiger partial charge on any atom is -0.356 e. The molecule has 1 unspecified atom stereocenters. The van der Waals surface area contributed by atoms with Crippen LogP contribution in [0.25, 0.3) is 0 Å². The number of hydrogen-bond acceptors (Lipinski definition) is 3. The number of nitriles is 1. The van der Waals surface area contributed by atoms with E-state index < -0.39 is 0 Å². The Bertz CT molecular complexity index is 434. The molecule has 0 bridgehead atoms. The number of rotatable bonds is 7. The maximum Gasteiger partial charge on any atom is 0.221 e. The standard InChI is InChI=1S/C15H21N3O/c1-3-9-18-15(19)8-10-17-12(2)14-6-4-13(11-16)5-7-14/h4-7,12,17H,3,8-10H2,1-2H3,(H,18,19). The van der Waals surface area contributed by atoms with Crippen LogP contribution in [-0.4, -0.2) is 19.0 Å². The van der Waals surface area contributed by atoms with Crippen LogP contribution in [0.15, 0.2) is 24.3 Å². The zero-order valence-corrected chi connectivity index (χ0v) is 11.6. The number of carbonyl (C=O) groups excluding carboxylic acids is 1. The molecular weight excluding hydrogens is 238 g/mol. The van der Waals surface area contributed by atoms with Gasteiger partial charge in [0.05, 0.1) is 11.6 Å². The van der Waals surface area contributed by atoms with Gasteiger partial charge in [-0.2, -0.15) is 5.26 Å². The molecule has 0 saturated heterocycles. The number of benzene rings is 1. The van der Waals surface area contributed by atoms with Gasteiger partial charge in [-0.1, -0.05) is 19.1 Å². The molecular formula is C15H21N3O. The van der Waals surface area contributed by atoms with Gasteiger partial charge in [-0.05, 0) is 31.0 Å². The molecule has 1 aromatic rings. The van der Waals surface area contributed by atoms with Crippen LogP contribution in [0.3, 0.4) is 0 Å². The summed E-state index contributed by atoms with van der Waals surface area (Å²) < 4.78 is 0. The average Bonchev–Trinajstić information content (AvgIpc) is 2.45. The van der Waals surface area contributed by atoms with Gasteiger partial charge < -0.3 is 10.6 Å². The molecule has 0 radical (unpaired) electrons. The van der Waals surface area contributed by atoms with Gasteiger partial charge in [0.1, 0.15) is 0 Å². The van der Waals surface area contributed by atoms with Crippen molar-refractivity contribution in [2.45, 2.75) is 32.7 Å². The van der Waals surface area contributed by atoms with E-state index in [0.717, 1.165) is 18.5 Å². The summed E-state index contributed by atoms with van der Waals surface area (Å²) in [5.74, 6) is 0.0846. The molecule has 0 saturated carbocycles. The number of amides is 1. The Morgan fingerprint density at radius 2 is 2.00 bits per heavy atom. The molecule has 0 fully saturated rings. The largest absolute Gasteiger partial charge is 0.356 e. The van der Waals surface area contributed by atoms with Crippen LogP contribution in [0.4, 0.5) is 0 Å². The fraction of sp³-hybridized carbons (Fsp3) is 0.467. The van der Waals surface area contributed by atoms with Crippen LogP contribution in [0, 0.1) is 11.3 Å². The molecule has 0 aliphatic rings. The van der Waals surface area contributed by atoms with Gasteiger partial charge in [0.15, 0.2) is 0 Å². The van der Waals surface area contributed by atoms with E-state index in [9.17, 15) is 4.79 Å². The Morgan fingerprint density at radius 3 is 2.58 bits per heavy atom. The lowest BCUT2D eigenvalue weighted by molar-refractivity contribution is -0.121. The van der Waals surface area contributed by atoms with E-state index in [1.54, 1.807) is 0 Å². The zero-order valence-electron chi connectivity index (χ0n) is 11.6. The SMILES string of the molecule is CCCNC(=O)CCNC(C)c1ccc(C#N)cc1. The topological polar surface area (TPSA) is 64.9 Å². The normalized spacial score (nSPS) is 11.6. The van der Waals surface area contributed by atoms with Crippen molar-refractivity contribution in [2.24, 2.45) is 0 Å². The molecule has 0 aromatic heterocycles. The Hall–Kier alpha value is -1.86. The van der Waals surface area contributed by atoms with Crippen LogP contribution in [0.2, 0.25) is 0 Å². The number of carbonyl (C=O) groups is 1. The van der Waals surface area contributed by atoms with Crippen LogP contribution in [-0.2, 0) is 4.79 Å². The van der Waals surface area contributed by atoms with Crippen molar-refractivity contribution in [1.82, 2.24) is 10.6 Å². The van der Waals surface area contributed by atoms with E-state index in [-0.39, 0.29) is 11.9 Å². The third-order valence-electron chi connectivity index (χ3n) is 2.91. The van der Waals surface area contributed by atoms with Crippen molar-refractivity contribution in [3.63, 3.8) is 0 Å². The van der Waals surface area contributed by atoms with E-state index in [1.165, 1.54) is 0 Å². The van der Waals surface area contributed by atoms with Crippen molar-refractivity contribution in [3.8, 4) is 6.07 Å². The lowest BCUT2D eigenvalue weighted by atomic mass is 10.1. The minimum absolute atomic E-state index is 0.0846. The molecule has 102 valence electrons. The molecule has 4 heteroatoms. The van der Waals surface area contributed by atoms with Gasteiger partial charge in [-0.3, -0.25) is 4.79 Å². The highest BCUT2D eigenvalue weighted by Crippen LogP contribution is 2.12. The summed E-state index contributed by atoms with van der Waals surface area (Å²) in [4.78, 5) is 11.4. The number of nitrogens with one attached hydrogen (secondary N) is 2. The molecule has 1 atom stereocenters. The van der Waals surface area contributed by atoms with Gasteiger partial charge in [0.25, 0.3) is 0 Å². The Balaban J connectivity index is 2.32. The molecule has 4 nitrogen and oxygen atoms in total. The monoisotopic (exact) mass is 259 g/mol. The van der Waals surface area contributed by atoms with E-state index in [2.05, 4.69) is 16.7 Å². The van der Waals surface area contributed by atoms with Crippen molar-refractivity contribution in [1.29, 1.82) is 5.26 Å². The molecule has 0 heterocycles. The molecule has 0 aliphatic heterocycles. The Kier molecular flexibility index (Phi) is 6.62. The van der Waals surface area contributed by atoms with Gasteiger partial charge >= 0.3 is 0 Å². The van der Waals surface area contributed by atoms with Crippen molar-refractivity contribution in [3.05, 3.63) is 35.4 Å². The third kappa shape index (κ3) is 5.54.